The van der Waals surface area contributed by atoms with Crippen LogP contribution < -0.4 is 5.73 Å². The number of aromatic nitrogens is 4. The molecule has 0 aromatic carbocycles. The molecular formula is C10H12N8. The van der Waals surface area contributed by atoms with Gasteiger partial charge in [-0.3, -0.25) is 0 Å². The number of nitrogen functional groups attached to an aromatic ring is 1. The van der Waals surface area contributed by atoms with Crippen LogP contribution in [0.5, 0.6) is 0 Å². The van der Waals surface area contributed by atoms with Gasteiger partial charge in [0.1, 0.15) is 11.8 Å². The van der Waals surface area contributed by atoms with Crippen LogP contribution >= 0.6 is 0 Å². The lowest BCUT2D eigenvalue weighted by Crippen LogP contribution is -2.06. The molecule has 1 fully saturated rings. The van der Waals surface area contributed by atoms with E-state index in [1.54, 1.807) is 6.33 Å². The lowest BCUT2D eigenvalue weighted by Gasteiger charge is -2.11. The third kappa shape index (κ3) is 1.63. The number of imidazole rings is 1. The molecule has 92 valence electrons. The highest BCUT2D eigenvalue weighted by atomic mass is 15.2. The minimum absolute atomic E-state index is 0.0663. The molecule has 0 bridgehead atoms. The van der Waals surface area contributed by atoms with Gasteiger partial charge < -0.3 is 10.3 Å². The summed E-state index contributed by atoms with van der Waals surface area (Å²) in [4.78, 5) is 15.2. The number of hydrogen-bond donors (Lipinski definition) is 1. The molecule has 8 heteroatoms. The predicted octanol–water partition coefficient (Wildman–Crippen LogP) is 1.81. The zero-order valence-electron chi connectivity index (χ0n) is 9.64. The van der Waals surface area contributed by atoms with Crippen LogP contribution in [0.4, 0.5) is 5.82 Å². The fraction of sp³-hybridized carbons (Fsp3) is 0.500. The van der Waals surface area contributed by atoms with Gasteiger partial charge in [0.05, 0.1) is 6.33 Å². The Bertz CT molecular complexity index is 626. The van der Waals surface area contributed by atoms with Gasteiger partial charge in [-0.25, -0.2) is 15.0 Å². The molecule has 0 saturated heterocycles. The minimum Gasteiger partial charge on any atom is -0.382 e. The zero-order chi connectivity index (χ0) is 12.5. The van der Waals surface area contributed by atoms with Crippen molar-refractivity contribution >= 4 is 17.0 Å². The van der Waals surface area contributed by atoms with Crippen molar-refractivity contribution in [3.8, 4) is 0 Å². The van der Waals surface area contributed by atoms with Gasteiger partial charge in [-0.1, -0.05) is 5.11 Å². The lowest BCUT2D eigenvalue weighted by atomic mass is 10.2. The topological polar surface area (TPSA) is 118 Å². The van der Waals surface area contributed by atoms with Crippen LogP contribution in [0.15, 0.2) is 17.8 Å². The number of nitrogens with zero attached hydrogens (tertiary/aromatic N) is 7. The molecule has 2 heterocycles. The van der Waals surface area contributed by atoms with Crippen molar-refractivity contribution in [1.82, 2.24) is 19.5 Å². The molecule has 0 amide bonds. The largest absolute Gasteiger partial charge is 0.382 e. The van der Waals surface area contributed by atoms with E-state index in [4.69, 9.17) is 11.3 Å². The number of fused-ring (bicyclic) bond motifs is 1. The summed E-state index contributed by atoms with van der Waals surface area (Å²) in [6.07, 6.45) is 5.85. The Balaban J connectivity index is 1.96. The van der Waals surface area contributed by atoms with Crippen LogP contribution in [0.25, 0.3) is 21.6 Å². The van der Waals surface area contributed by atoms with Gasteiger partial charge in [-0.15, -0.1) is 0 Å². The van der Waals surface area contributed by atoms with Crippen molar-refractivity contribution in [2.45, 2.75) is 31.3 Å². The summed E-state index contributed by atoms with van der Waals surface area (Å²) >= 11 is 0. The van der Waals surface area contributed by atoms with Crippen LogP contribution in [0.3, 0.4) is 0 Å². The van der Waals surface area contributed by atoms with Crippen LogP contribution in [-0.4, -0.2) is 25.6 Å². The molecule has 2 aromatic heterocycles. The maximum Gasteiger partial charge on any atom is 0.165 e. The number of hydrogen-bond acceptors (Lipinski definition) is 5. The highest BCUT2D eigenvalue weighted by molar-refractivity contribution is 5.81. The zero-order valence-corrected chi connectivity index (χ0v) is 9.64. The van der Waals surface area contributed by atoms with Gasteiger partial charge in [0.15, 0.2) is 11.5 Å². The second-order valence-electron chi connectivity index (χ2n) is 4.41. The maximum atomic E-state index is 8.45. The average Bonchev–Trinajstić information content (AvgIpc) is 2.96. The van der Waals surface area contributed by atoms with E-state index in [2.05, 4.69) is 25.0 Å². The van der Waals surface area contributed by atoms with E-state index in [1.807, 2.05) is 4.57 Å². The molecule has 0 aliphatic heterocycles. The SMILES string of the molecule is [N-]=[N+]=N[C@@H]1CC[C@@H](n2cnc3c(N)ncnc32)C1. The molecule has 18 heavy (non-hydrogen) atoms. The highest BCUT2D eigenvalue weighted by Gasteiger charge is 2.26. The van der Waals surface area contributed by atoms with Gasteiger partial charge in [0.25, 0.3) is 0 Å². The fourth-order valence-electron chi connectivity index (χ4n) is 2.50. The average molecular weight is 244 g/mol. The van der Waals surface area contributed by atoms with Gasteiger partial charge in [0, 0.05) is 17.0 Å². The number of nitrogens with two attached hydrogens (primary N) is 1. The summed E-state index contributed by atoms with van der Waals surface area (Å²) in [5.74, 6) is 0.392. The predicted molar refractivity (Wildman–Crippen MR) is 65.6 cm³/mol. The smallest absolute Gasteiger partial charge is 0.165 e. The second kappa shape index (κ2) is 4.15. The second-order valence-corrected chi connectivity index (χ2v) is 4.41. The summed E-state index contributed by atoms with van der Waals surface area (Å²) in [5.41, 5.74) is 15.6. The molecule has 1 aliphatic rings. The summed E-state index contributed by atoms with van der Waals surface area (Å²) in [5, 5.41) is 3.77. The summed E-state index contributed by atoms with van der Waals surface area (Å²) in [7, 11) is 0. The molecule has 2 atom stereocenters. The molecule has 0 unspecified atom stereocenters. The van der Waals surface area contributed by atoms with Gasteiger partial charge in [0.2, 0.25) is 0 Å². The van der Waals surface area contributed by atoms with E-state index >= 15 is 0 Å². The van der Waals surface area contributed by atoms with Gasteiger partial charge in [-0.2, -0.15) is 0 Å². The molecule has 0 radical (unpaired) electrons. The van der Waals surface area contributed by atoms with E-state index in [1.165, 1.54) is 6.33 Å². The first-order valence-electron chi connectivity index (χ1n) is 5.77. The van der Waals surface area contributed by atoms with E-state index in [0.29, 0.717) is 11.3 Å². The third-order valence-electron chi connectivity index (χ3n) is 3.37. The van der Waals surface area contributed by atoms with Crippen molar-refractivity contribution in [3.05, 3.63) is 23.1 Å². The Kier molecular flexibility index (Phi) is 2.49. The van der Waals surface area contributed by atoms with E-state index in [-0.39, 0.29) is 12.1 Å². The first kappa shape index (κ1) is 10.8. The Hall–Kier alpha value is -2.34. The number of azide groups is 1. The molecule has 8 nitrogen and oxygen atoms in total. The Morgan fingerprint density at radius 2 is 2.28 bits per heavy atom. The molecule has 2 aromatic rings. The quantitative estimate of drug-likeness (QED) is 0.492. The van der Waals surface area contributed by atoms with Crippen molar-refractivity contribution in [2.75, 3.05) is 5.73 Å². The molecule has 1 saturated carbocycles. The molecule has 2 N–H and O–H groups in total. The third-order valence-corrected chi connectivity index (χ3v) is 3.37. The van der Waals surface area contributed by atoms with E-state index in [9.17, 15) is 0 Å². The summed E-state index contributed by atoms with van der Waals surface area (Å²) in [6, 6.07) is 0.330. The van der Waals surface area contributed by atoms with Crippen LogP contribution in [0.1, 0.15) is 25.3 Å². The van der Waals surface area contributed by atoms with Crippen molar-refractivity contribution in [2.24, 2.45) is 5.11 Å². The molecular weight excluding hydrogens is 232 g/mol. The Morgan fingerprint density at radius 1 is 1.39 bits per heavy atom. The van der Waals surface area contributed by atoms with E-state index < -0.39 is 0 Å². The van der Waals surface area contributed by atoms with Crippen LogP contribution in [0, 0.1) is 0 Å². The normalized spacial score (nSPS) is 23.1. The highest BCUT2D eigenvalue weighted by Crippen LogP contribution is 2.34. The van der Waals surface area contributed by atoms with Crippen molar-refractivity contribution < 1.29 is 0 Å². The molecule has 3 rings (SSSR count). The molecule has 1 aliphatic carbocycles. The monoisotopic (exact) mass is 244 g/mol. The minimum atomic E-state index is 0.0663. The Morgan fingerprint density at radius 3 is 3.11 bits per heavy atom. The van der Waals surface area contributed by atoms with E-state index in [0.717, 1.165) is 24.9 Å². The van der Waals surface area contributed by atoms with Crippen LogP contribution in [-0.2, 0) is 0 Å². The molecule has 0 spiro atoms. The first-order chi connectivity index (χ1) is 8.79. The first-order valence-corrected chi connectivity index (χ1v) is 5.77. The number of rotatable bonds is 2. The fourth-order valence-corrected chi connectivity index (χ4v) is 2.50. The lowest BCUT2D eigenvalue weighted by molar-refractivity contribution is 0.519. The summed E-state index contributed by atoms with van der Waals surface area (Å²) in [6.45, 7) is 0. The number of anilines is 1. The van der Waals surface area contributed by atoms with Crippen molar-refractivity contribution in [3.63, 3.8) is 0 Å². The van der Waals surface area contributed by atoms with Gasteiger partial charge in [-0.05, 0) is 24.8 Å². The van der Waals surface area contributed by atoms with Crippen molar-refractivity contribution in [1.29, 1.82) is 0 Å². The maximum absolute atomic E-state index is 8.45. The Labute approximate surface area is 102 Å². The summed E-state index contributed by atoms with van der Waals surface area (Å²) < 4.78 is 2.00. The van der Waals surface area contributed by atoms with Gasteiger partial charge >= 0.3 is 0 Å². The standard InChI is InChI=1S/C10H12N8/c11-9-8-10(14-4-13-9)18(5-15-8)7-2-1-6(3-7)16-17-12/h4-7H,1-3H2,(H2,11,13,14)/t6-,7-/m1/s1. The van der Waals surface area contributed by atoms with Crippen LogP contribution in [0.2, 0.25) is 0 Å².